The number of thioether (sulfide) groups is 1. The van der Waals surface area contributed by atoms with Crippen LogP contribution in [-0.4, -0.2) is 51.8 Å². The fraction of sp³-hybridized carbons (Fsp3) is 0.240. The molecule has 0 unspecified atom stereocenters. The first kappa shape index (κ1) is 23.2. The summed E-state index contributed by atoms with van der Waals surface area (Å²) in [7, 11) is 1.65. The molecule has 0 aliphatic carbocycles. The van der Waals surface area contributed by atoms with Crippen LogP contribution in [0.1, 0.15) is 18.9 Å². The summed E-state index contributed by atoms with van der Waals surface area (Å²) in [5.74, 6) is 0.730. The monoisotopic (exact) mass is 479 g/mol. The normalized spacial score (nSPS) is 15.0. The molecule has 1 aliphatic rings. The summed E-state index contributed by atoms with van der Waals surface area (Å²) in [6, 6.07) is 17.7. The van der Waals surface area contributed by atoms with Crippen molar-refractivity contribution in [2.75, 3.05) is 26.9 Å². The van der Waals surface area contributed by atoms with Crippen molar-refractivity contribution >= 4 is 40.3 Å². The highest BCUT2D eigenvalue weighted by Gasteiger charge is 2.32. The number of benzene rings is 2. The molecule has 0 atom stereocenters. The van der Waals surface area contributed by atoms with Crippen LogP contribution in [0, 0.1) is 0 Å². The maximum absolute atomic E-state index is 13.0. The van der Waals surface area contributed by atoms with Gasteiger partial charge in [0.25, 0.3) is 5.91 Å². The van der Waals surface area contributed by atoms with Gasteiger partial charge in [-0.2, -0.15) is 5.10 Å². The average Bonchev–Trinajstić information content (AvgIpc) is 3.37. The van der Waals surface area contributed by atoms with E-state index in [9.17, 15) is 4.79 Å². The number of hydrogen-bond donors (Lipinski definition) is 0. The SMILES string of the molecule is CCOc1ccc(-c2nn(-c3ccccc3)cc2/C=C2\SC(=S)N(CCCOC)C2=O)cc1. The lowest BCUT2D eigenvalue weighted by molar-refractivity contribution is -0.122. The van der Waals surface area contributed by atoms with Crippen LogP contribution in [0.5, 0.6) is 5.75 Å². The largest absolute Gasteiger partial charge is 0.494 e. The number of hydrogen-bond acceptors (Lipinski definition) is 6. The standard InChI is InChI=1S/C25H25N3O3S2/c1-3-31-21-12-10-18(11-13-21)23-19(17-28(26-23)20-8-5-4-6-9-20)16-22-24(29)27(25(32)33-22)14-7-15-30-2/h4-6,8-13,16-17H,3,7,14-15H2,1-2H3/b22-16-. The van der Waals surface area contributed by atoms with E-state index in [1.165, 1.54) is 11.8 Å². The molecular formula is C25H25N3O3S2. The van der Waals surface area contributed by atoms with Gasteiger partial charge in [0.05, 0.1) is 22.9 Å². The molecule has 6 nitrogen and oxygen atoms in total. The number of nitrogens with zero attached hydrogens (tertiary/aromatic N) is 3. The van der Waals surface area contributed by atoms with E-state index in [2.05, 4.69) is 0 Å². The van der Waals surface area contributed by atoms with Crippen LogP contribution >= 0.6 is 24.0 Å². The smallest absolute Gasteiger partial charge is 0.266 e. The predicted molar refractivity (Wildman–Crippen MR) is 137 cm³/mol. The van der Waals surface area contributed by atoms with Crippen LogP contribution < -0.4 is 4.74 Å². The van der Waals surface area contributed by atoms with E-state index in [4.69, 9.17) is 26.8 Å². The summed E-state index contributed by atoms with van der Waals surface area (Å²) < 4.78 is 13.1. The number of carbonyl (C=O) groups excluding carboxylic acids is 1. The van der Waals surface area contributed by atoms with Crippen molar-refractivity contribution in [1.82, 2.24) is 14.7 Å². The Hall–Kier alpha value is -2.94. The van der Waals surface area contributed by atoms with Gasteiger partial charge >= 0.3 is 0 Å². The molecule has 2 heterocycles. The minimum Gasteiger partial charge on any atom is -0.494 e. The van der Waals surface area contributed by atoms with Gasteiger partial charge in [-0.1, -0.05) is 42.2 Å². The summed E-state index contributed by atoms with van der Waals surface area (Å²) in [4.78, 5) is 15.3. The fourth-order valence-electron chi connectivity index (χ4n) is 3.51. The second-order valence-corrected chi connectivity index (χ2v) is 9.03. The molecule has 8 heteroatoms. The second kappa shape index (κ2) is 10.8. The van der Waals surface area contributed by atoms with Crippen molar-refractivity contribution in [3.8, 4) is 22.7 Å². The molecule has 2 aromatic carbocycles. The molecule has 0 saturated carbocycles. The minimum atomic E-state index is -0.0776. The van der Waals surface area contributed by atoms with Gasteiger partial charge in [0.2, 0.25) is 0 Å². The van der Waals surface area contributed by atoms with E-state index in [-0.39, 0.29) is 5.91 Å². The van der Waals surface area contributed by atoms with E-state index in [1.807, 2.05) is 78.5 Å². The molecule has 0 spiro atoms. The van der Waals surface area contributed by atoms with Crippen LogP contribution in [0.4, 0.5) is 0 Å². The maximum atomic E-state index is 13.0. The molecule has 0 N–H and O–H groups in total. The highest BCUT2D eigenvalue weighted by atomic mass is 32.2. The molecule has 1 amide bonds. The van der Waals surface area contributed by atoms with Gasteiger partial charge in [0.1, 0.15) is 10.1 Å². The number of aromatic nitrogens is 2. The molecule has 1 saturated heterocycles. The number of para-hydroxylation sites is 1. The number of amides is 1. The lowest BCUT2D eigenvalue weighted by Gasteiger charge is -2.13. The van der Waals surface area contributed by atoms with E-state index in [0.717, 1.165) is 34.7 Å². The van der Waals surface area contributed by atoms with Gasteiger partial charge in [0, 0.05) is 37.6 Å². The Balaban J connectivity index is 1.70. The number of ether oxygens (including phenoxy) is 2. The van der Waals surface area contributed by atoms with Gasteiger partial charge in [-0.25, -0.2) is 4.68 Å². The lowest BCUT2D eigenvalue weighted by atomic mass is 10.1. The lowest BCUT2D eigenvalue weighted by Crippen LogP contribution is -2.29. The number of carbonyl (C=O) groups is 1. The predicted octanol–water partition coefficient (Wildman–Crippen LogP) is 5.18. The van der Waals surface area contributed by atoms with Crippen LogP contribution in [0.15, 0.2) is 65.7 Å². The Bertz CT molecular complexity index is 1160. The van der Waals surface area contributed by atoms with E-state index < -0.39 is 0 Å². The van der Waals surface area contributed by atoms with Crippen molar-refractivity contribution in [3.05, 3.63) is 71.3 Å². The van der Waals surface area contributed by atoms with Gasteiger partial charge in [-0.3, -0.25) is 9.69 Å². The highest BCUT2D eigenvalue weighted by molar-refractivity contribution is 8.26. The van der Waals surface area contributed by atoms with Gasteiger partial charge in [-0.05, 0) is 55.8 Å². The van der Waals surface area contributed by atoms with Crippen molar-refractivity contribution in [1.29, 1.82) is 0 Å². The van der Waals surface area contributed by atoms with Crippen LogP contribution in [0.3, 0.4) is 0 Å². The first-order chi connectivity index (χ1) is 16.1. The maximum Gasteiger partial charge on any atom is 0.266 e. The van der Waals surface area contributed by atoms with Crippen molar-refractivity contribution in [2.45, 2.75) is 13.3 Å². The third kappa shape index (κ3) is 5.35. The van der Waals surface area contributed by atoms with Crippen LogP contribution in [-0.2, 0) is 9.53 Å². The third-order valence-electron chi connectivity index (χ3n) is 5.09. The molecule has 4 rings (SSSR count). The van der Waals surface area contributed by atoms with E-state index >= 15 is 0 Å². The number of methoxy groups -OCH3 is 1. The van der Waals surface area contributed by atoms with Crippen molar-refractivity contribution < 1.29 is 14.3 Å². The van der Waals surface area contributed by atoms with Gasteiger partial charge in [-0.15, -0.1) is 0 Å². The third-order valence-corrected chi connectivity index (χ3v) is 6.47. The van der Waals surface area contributed by atoms with Crippen LogP contribution in [0.2, 0.25) is 0 Å². The molecule has 33 heavy (non-hydrogen) atoms. The van der Waals surface area contributed by atoms with Crippen molar-refractivity contribution in [3.63, 3.8) is 0 Å². The highest BCUT2D eigenvalue weighted by Crippen LogP contribution is 2.35. The zero-order chi connectivity index (χ0) is 23.2. The molecule has 0 radical (unpaired) electrons. The Kier molecular flexibility index (Phi) is 7.59. The molecule has 1 aromatic heterocycles. The quantitative estimate of drug-likeness (QED) is 0.240. The first-order valence-electron chi connectivity index (χ1n) is 10.7. The Morgan fingerprint density at radius 2 is 1.88 bits per heavy atom. The molecule has 170 valence electrons. The molecule has 1 aliphatic heterocycles. The Morgan fingerprint density at radius 1 is 1.12 bits per heavy atom. The zero-order valence-corrected chi connectivity index (χ0v) is 20.2. The summed E-state index contributed by atoms with van der Waals surface area (Å²) >= 11 is 6.78. The number of rotatable bonds is 9. The summed E-state index contributed by atoms with van der Waals surface area (Å²) in [6.45, 7) is 3.70. The second-order valence-electron chi connectivity index (χ2n) is 7.35. The summed E-state index contributed by atoms with van der Waals surface area (Å²) in [5, 5.41) is 4.84. The van der Waals surface area contributed by atoms with Gasteiger partial charge < -0.3 is 9.47 Å². The van der Waals surface area contributed by atoms with Crippen molar-refractivity contribution in [2.24, 2.45) is 0 Å². The Morgan fingerprint density at radius 3 is 2.58 bits per heavy atom. The first-order valence-corrected chi connectivity index (χ1v) is 12.0. The zero-order valence-electron chi connectivity index (χ0n) is 18.6. The van der Waals surface area contributed by atoms with E-state index in [0.29, 0.717) is 29.0 Å². The number of thiocarbonyl (C=S) groups is 1. The van der Waals surface area contributed by atoms with Crippen LogP contribution in [0.25, 0.3) is 23.0 Å². The minimum absolute atomic E-state index is 0.0776. The topological polar surface area (TPSA) is 56.6 Å². The summed E-state index contributed by atoms with van der Waals surface area (Å²) in [5.41, 5.74) is 3.51. The molecule has 0 bridgehead atoms. The summed E-state index contributed by atoms with van der Waals surface area (Å²) in [6.07, 6.45) is 4.56. The molecular weight excluding hydrogens is 454 g/mol. The molecule has 1 fully saturated rings. The van der Waals surface area contributed by atoms with Gasteiger partial charge in [0.15, 0.2) is 0 Å². The Labute approximate surface area is 203 Å². The molecule has 3 aromatic rings. The average molecular weight is 480 g/mol. The fourth-order valence-corrected chi connectivity index (χ4v) is 4.81. The van der Waals surface area contributed by atoms with E-state index in [1.54, 1.807) is 12.0 Å².